The van der Waals surface area contributed by atoms with Gasteiger partial charge in [0.15, 0.2) is 5.16 Å². The summed E-state index contributed by atoms with van der Waals surface area (Å²) in [5, 5.41) is 9.55. The van der Waals surface area contributed by atoms with E-state index in [0.29, 0.717) is 23.1 Å². The van der Waals surface area contributed by atoms with E-state index in [4.69, 9.17) is 10.00 Å². The number of nitrogens with zero attached hydrogens (tertiary/aromatic N) is 3. The number of hydrogen-bond donors (Lipinski definition) is 1. The van der Waals surface area contributed by atoms with Crippen LogP contribution in [0.25, 0.3) is 22.2 Å². The highest BCUT2D eigenvalue weighted by molar-refractivity contribution is 7.84. The third-order valence-electron chi connectivity index (χ3n) is 5.70. The molecule has 2 heterocycles. The Balaban J connectivity index is 1.22. The summed E-state index contributed by atoms with van der Waals surface area (Å²) < 4.78 is 18.8. The Morgan fingerprint density at radius 2 is 1.83 bits per heavy atom. The van der Waals surface area contributed by atoms with Crippen molar-refractivity contribution in [2.24, 2.45) is 0 Å². The van der Waals surface area contributed by atoms with Crippen molar-refractivity contribution in [3.8, 4) is 22.9 Å². The van der Waals surface area contributed by atoms with Gasteiger partial charge in [0, 0.05) is 0 Å². The minimum absolute atomic E-state index is 0.278. The van der Waals surface area contributed by atoms with Gasteiger partial charge in [0.25, 0.3) is 0 Å². The fraction of sp³-hybridized carbons (Fsp3) is 0.107. The second-order valence-corrected chi connectivity index (χ2v) is 9.53. The van der Waals surface area contributed by atoms with Crippen molar-refractivity contribution in [2.45, 2.75) is 24.4 Å². The zero-order valence-corrected chi connectivity index (χ0v) is 19.9. The van der Waals surface area contributed by atoms with Crippen LogP contribution >= 0.6 is 0 Å². The molecule has 0 spiro atoms. The summed E-state index contributed by atoms with van der Waals surface area (Å²) in [5.41, 5.74) is 7.05. The van der Waals surface area contributed by atoms with E-state index in [1.807, 2.05) is 79.7 Å². The van der Waals surface area contributed by atoms with Crippen molar-refractivity contribution in [2.75, 3.05) is 0 Å². The Labute approximate surface area is 205 Å². The van der Waals surface area contributed by atoms with Gasteiger partial charge in [-0.3, -0.25) is 9.19 Å². The molecule has 1 unspecified atom stereocenters. The molecule has 0 saturated heterocycles. The van der Waals surface area contributed by atoms with Crippen molar-refractivity contribution in [3.05, 3.63) is 107 Å². The van der Waals surface area contributed by atoms with Crippen molar-refractivity contribution < 1.29 is 8.95 Å². The molecule has 0 aliphatic carbocycles. The summed E-state index contributed by atoms with van der Waals surface area (Å²) in [6.45, 7) is 2.35. The number of nitriles is 1. The third kappa shape index (κ3) is 5.13. The average Bonchev–Trinajstić information content (AvgIpc) is 3.34. The minimum atomic E-state index is -1.33. The van der Waals surface area contributed by atoms with Gasteiger partial charge < -0.3 is 9.72 Å². The van der Waals surface area contributed by atoms with Crippen LogP contribution in [0.5, 0.6) is 5.75 Å². The number of aromatic amines is 1. The molecule has 2 aromatic heterocycles. The summed E-state index contributed by atoms with van der Waals surface area (Å²) >= 11 is 0. The molecular formula is C28H22N4O2S. The Hall–Kier alpha value is -4.28. The molecule has 0 fully saturated rings. The number of rotatable bonds is 7. The first-order valence-electron chi connectivity index (χ1n) is 11.1. The van der Waals surface area contributed by atoms with Crippen molar-refractivity contribution in [1.82, 2.24) is 15.0 Å². The van der Waals surface area contributed by atoms with Crippen LogP contribution in [0.1, 0.15) is 22.4 Å². The molecule has 0 radical (unpaired) electrons. The van der Waals surface area contributed by atoms with Crippen molar-refractivity contribution in [1.29, 1.82) is 5.26 Å². The quantitative estimate of drug-likeness (QED) is 0.324. The van der Waals surface area contributed by atoms with E-state index in [2.05, 4.69) is 21.0 Å². The van der Waals surface area contributed by atoms with Gasteiger partial charge in [-0.25, -0.2) is 4.98 Å². The molecular weight excluding hydrogens is 456 g/mol. The van der Waals surface area contributed by atoms with Crippen molar-refractivity contribution in [3.63, 3.8) is 0 Å². The maximum atomic E-state index is 12.8. The molecule has 0 amide bonds. The lowest BCUT2D eigenvalue weighted by Crippen LogP contribution is -2.04. The predicted octanol–water partition coefficient (Wildman–Crippen LogP) is 5.69. The number of imidazole rings is 1. The first-order chi connectivity index (χ1) is 17.1. The zero-order valence-electron chi connectivity index (χ0n) is 19.1. The number of fused-ring (bicyclic) bond motifs is 1. The molecule has 3 aromatic carbocycles. The zero-order chi connectivity index (χ0) is 24.2. The molecule has 6 nitrogen and oxygen atoms in total. The van der Waals surface area contributed by atoms with Crippen LogP contribution in [-0.4, -0.2) is 19.2 Å². The lowest BCUT2D eigenvalue weighted by atomic mass is 10.0. The van der Waals surface area contributed by atoms with Crippen LogP contribution in [0.4, 0.5) is 0 Å². The smallest absolute Gasteiger partial charge is 0.197 e. The molecule has 0 bridgehead atoms. The lowest BCUT2D eigenvalue weighted by Gasteiger charge is -2.10. The van der Waals surface area contributed by atoms with E-state index in [1.165, 1.54) is 0 Å². The second kappa shape index (κ2) is 9.92. The van der Waals surface area contributed by atoms with Gasteiger partial charge in [-0.1, -0.05) is 48.5 Å². The number of ether oxygens (including phenoxy) is 1. The molecule has 0 saturated carbocycles. The standard InChI is InChI=1S/C28H22N4O2S/c1-19-13-24(16-30-27(19)18-35(33)28-31-25-7-2-3-8-26(25)32-28)34-17-20-9-11-22(12-10-20)23-6-4-5-21(14-23)15-29/h2-14,16H,17-18H2,1H3,(H,31,32). The highest BCUT2D eigenvalue weighted by atomic mass is 32.2. The SMILES string of the molecule is Cc1cc(OCc2ccc(-c3cccc(C#N)c3)cc2)cnc1CS(=O)c1nc2ccccc2[nH]1. The summed E-state index contributed by atoms with van der Waals surface area (Å²) in [6.07, 6.45) is 1.67. The number of H-pyrrole nitrogens is 1. The highest BCUT2D eigenvalue weighted by Crippen LogP contribution is 2.23. The fourth-order valence-corrected chi connectivity index (χ4v) is 4.88. The number of aromatic nitrogens is 3. The largest absolute Gasteiger partial charge is 0.487 e. The van der Waals surface area contributed by atoms with Crippen LogP contribution in [0.2, 0.25) is 0 Å². The number of aryl methyl sites for hydroxylation is 1. The molecule has 0 aliphatic heterocycles. The van der Waals surface area contributed by atoms with Crippen LogP contribution in [0.3, 0.4) is 0 Å². The van der Waals surface area contributed by atoms with Crippen LogP contribution < -0.4 is 4.74 Å². The fourth-order valence-electron chi connectivity index (χ4n) is 3.77. The Morgan fingerprint density at radius 1 is 1.00 bits per heavy atom. The number of hydrogen-bond acceptors (Lipinski definition) is 5. The topological polar surface area (TPSA) is 91.7 Å². The Morgan fingerprint density at radius 3 is 2.60 bits per heavy atom. The monoisotopic (exact) mass is 478 g/mol. The first kappa shape index (κ1) is 22.5. The van der Waals surface area contributed by atoms with Gasteiger partial charge >= 0.3 is 0 Å². The van der Waals surface area contributed by atoms with Crippen molar-refractivity contribution >= 4 is 21.8 Å². The second-order valence-electron chi connectivity index (χ2n) is 8.16. The Kier molecular flexibility index (Phi) is 6.38. The van der Waals surface area contributed by atoms with E-state index in [-0.39, 0.29) is 5.75 Å². The van der Waals surface area contributed by atoms with Gasteiger partial charge in [-0.05, 0) is 59.5 Å². The predicted molar refractivity (Wildman–Crippen MR) is 136 cm³/mol. The van der Waals surface area contributed by atoms with Gasteiger partial charge in [0.05, 0.1) is 51.1 Å². The summed E-state index contributed by atoms with van der Waals surface area (Å²) in [6, 6.07) is 27.3. The third-order valence-corrected chi connectivity index (χ3v) is 6.86. The molecule has 0 aliphatic rings. The molecule has 7 heteroatoms. The lowest BCUT2D eigenvalue weighted by molar-refractivity contribution is 0.304. The normalized spacial score (nSPS) is 11.8. The van der Waals surface area contributed by atoms with Gasteiger partial charge in [-0.2, -0.15) is 5.26 Å². The van der Waals surface area contributed by atoms with Crippen LogP contribution in [-0.2, 0) is 23.2 Å². The van der Waals surface area contributed by atoms with Gasteiger partial charge in [-0.15, -0.1) is 0 Å². The molecule has 35 heavy (non-hydrogen) atoms. The van der Waals surface area contributed by atoms with Gasteiger partial charge in [0.1, 0.15) is 12.4 Å². The number of pyridine rings is 1. The van der Waals surface area contributed by atoms with E-state index in [0.717, 1.165) is 39.0 Å². The molecule has 1 atom stereocenters. The van der Waals surface area contributed by atoms with Gasteiger partial charge in [0.2, 0.25) is 0 Å². The van der Waals surface area contributed by atoms with E-state index < -0.39 is 10.8 Å². The maximum absolute atomic E-state index is 12.8. The molecule has 172 valence electrons. The maximum Gasteiger partial charge on any atom is 0.197 e. The van der Waals surface area contributed by atoms with Crippen LogP contribution in [0.15, 0.2) is 90.2 Å². The summed E-state index contributed by atoms with van der Waals surface area (Å²) in [4.78, 5) is 12.1. The number of benzene rings is 3. The molecule has 5 aromatic rings. The average molecular weight is 479 g/mol. The van der Waals surface area contributed by atoms with Crippen LogP contribution in [0, 0.1) is 18.3 Å². The Bertz CT molecular complexity index is 1540. The molecule has 5 rings (SSSR count). The summed E-state index contributed by atoms with van der Waals surface area (Å²) in [7, 11) is -1.33. The first-order valence-corrected chi connectivity index (χ1v) is 12.4. The minimum Gasteiger partial charge on any atom is -0.487 e. The number of nitrogens with one attached hydrogen (secondary N) is 1. The number of para-hydroxylation sites is 2. The van der Waals surface area contributed by atoms with E-state index in [9.17, 15) is 4.21 Å². The van der Waals surface area contributed by atoms with E-state index >= 15 is 0 Å². The molecule has 1 N–H and O–H groups in total. The highest BCUT2D eigenvalue weighted by Gasteiger charge is 2.13. The van der Waals surface area contributed by atoms with E-state index in [1.54, 1.807) is 12.3 Å². The summed E-state index contributed by atoms with van der Waals surface area (Å²) in [5.74, 6) is 0.937.